The van der Waals surface area contributed by atoms with E-state index in [9.17, 15) is 0 Å². The van der Waals surface area contributed by atoms with Crippen molar-refractivity contribution in [2.45, 2.75) is 19.3 Å². The molecule has 0 heteroatoms. The van der Waals surface area contributed by atoms with Crippen LogP contribution < -0.4 is 0 Å². The monoisotopic (exact) mass is 167 g/mol. The average molecular weight is 167 g/mol. The van der Waals surface area contributed by atoms with Crippen LogP contribution in [0, 0.1) is 6.07 Å². The Hall–Kier alpha value is -1.30. The van der Waals surface area contributed by atoms with Gasteiger partial charge in [-0.3, -0.25) is 0 Å². The van der Waals surface area contributed by atoms with E-state index < -0.39 is 0 Å². The minimum Gasteiger partial charge on any atom is -0.0614 e. The second-order valence-electron chi connectivity index (χ2n) is 3.90. The lowest BCUT2D eigenvalue weighted by Gasteiger charge is -2.02. The minimum atomic E-state index is 0.678. The van der Waals surface area contributed by atoms with E-state index in [0.717, 1.165) is 0 Å². The van der Waals surface area contributed by atoms with Gasteiger partial charge in [0.2, 0.25) is 0 Å². The third kappa shape index (κ3) is 0.859. The van der Waals surface area contributed by atoms with E-state index in [1.54, 1.807) is 0 Å². The lowest BCUT2D eigenvalue weighted by molar-refractivity contribution is 0.798. The molecule has 0 spiro atoms. The molecule has 0 bridgehead atoms. The molecule has 1 aliphatic carbocycles. The van der Waals surface area contributed by atoms with Gasteiger partial charge in [-0.2, -0.15) is 0 Å². The van der Waals surface area contributed by atoms with Crippen molar-refractivity contribution in [3.8, 4) is 0 Å². The molecule has 0 saturated heterocycles. The van der Waals surface area contributed by atoms with E-state index in [4.69, 9.17) is 0 Å². The maximum Gasteiger partial charge on any atom is -0.0116 e. The molecule has 1 atom stereocenters. The zero-order chi connectivity index (χ0) is 8.84. The van der Waals surface area contributed by atoms with Crippen molar-refractivity contribution in [2.24, 2.45) is 0 Å². The molecule has 63 valence electrons. The number of hydrogen-bond acceptors (Lipinski definition) is 0. The van der Waals surface area contributed by atoms with Crippen LogP contribution in [0.15, 0.2) is 30.3 Å². The molecular weight excluding hydrogens is 156 g/mol. The van der Waals surface area contributed by atoms with Gasteiger partial charge in [0.1, 0.15) is 0 Å². The fourth-order valence-corrected chi connectivity index (χ4v) is 2.38. The molecule has 0 heterocycles. The molecule has 0 saturated carbocycles. The van der Waals surface area contributed by atoms with E-state index in [1.165, 1.54) is 28.3 Å². The van der Waals surface area contributed by atoms with Gasteiger partial charge in [-0.25, -0.2) is 0 Å². The SMILES string of the molecule is CC1Cc2cccc3c[c]cc1c23. The second kappa shape index (κ2) is 2.35. The molecule has 1 aliphatic rings. The summed E-state index contributed by atoms with van der Waals surface area (Å²) in [4.78, 5) is 0. The maximum atomic E-state index is 3.22. The van der Waals surface area contributed by atoms with Crippen molar-refractivity contribution < 1.29 is 0 Å². The highest BCUT2D eigenvalue weighted by atomic mass is 14.2. The quantitative estimate of drug-likeness (QED) is 0.564. The van der Waals surface area contributed by atoms with Gasteiger partial charge in [0.25, 0.3) is 0 Å². The maximum absolute atomic E-state index is 3.22. The van der Waals surface area contributed by atoms with Crippen LogP contribution in [0.25, 0.3) is 10.8 Å². The minimum absolute atomic E-state index is 0.678. The summed E-state index contributed by atoms with van der Waals surface area (Å²) >= 11 is 0. The molecule has 0 N–H and O–H groups in total. The average Bonchev–Trinajstić information content (AvgIpc) is 2.47. The van der Waals surface area contributed by atoms with E-state index in [0.29, 0.717) is 5.92 Å². The Morgan fingerprint density at radius 3 is 3.15 bits per heavy atom. The highest BCUT2D eigenvalue weighted by Gasteiger charge is 2.19. The third-order valence-corrected chi connectivity index (χ3v) is 3.01. The van der Waals surface area contributed by atoms with Gasteiger partial charge < -0.3 is 0 Å². The van der Waals surface area contributed by atoms with Crippen LogP contribution >= 0.6 is 0 Å². The summed E-state index contributed by atoms with van der Waals surface area (Å²) < 4.78 is 0. The van der Waals surface area contributed by atoms with Gasteiger partial charge in [-0.1, -0.05) is 31.2 Å². The first-order valence-corrected chi connectivity index (χ1v) is 4.78. The largest absolute Gasteiger partial charge is 0.0614 e. The van der Waals surface area contributed by atoms with Crippen molar-refractivity contribution in [2.75, 3.05) is 0 Å². The van der Waals surface area contributed by atoms with Gasteiger partial charge in [-0.05, 0) is 46.4 Å². The standard InChI is InChI=1S/C13H11/c1-9-8-11-6-2-4-10-5-3-7-12(9)13(10)11/h2,4-7,9H,8H2,1H3. The van der Waals surface area contributed by atoms with Gasteiger partial charge in [-0.15, -0.1) is 0 Å². The van der Waals surface area contributed by atoms with Crippen molar-refractivity contribution in [1.82, 2.24) is 0 Å². The summed E-state index contributed by atoms with van der Waals surface area (Å²) in [6.45, 7) is 2.29. The predicted octanol–water partition coefficient (Wildman–Crippen LogP) is 3.30. The topological polar surface area (TPSA) is 0 Å². The van der Waals surface area contributed by atoms with Crippen LogP contribution in [0.1, 0.15) is 24.0 Å². The first-order valence-electron chi connectivity index (χ1n) is 4.78. The predicted molar refractivity (Wildman–Crippen MR) is 54.9 cm³/mol. The Bertz CT molecular complexity index is 463. The van der Waals surface area contributed by atoms with Crippen molar-refractivity contribution in [3.05, 3.63) is 47.5 Å². The molecule has 13 heavy (non-hydrogen) atoms. The molecule has 0 aromatic heterocycles. The van der Waals surface area contributed by atoms with Crippen LogP contribution in [0.4, 0.5) is 0 Å². The zero-order valence-electron chi connectivity index (χ0n) is 7.67. The molecule has 2 aromatic rings. The Labute approximate surface area is 78.2 Å². The third-order valence-electron chi connectivity index (χ3n) is 3.01. The summed E-state index contributed by atoms with van der Waals surface area (Å²) in [5.41, 5.74) is 2.99. The van der Waals surface area contributed by atoms with Crippen LogP contribution in [0.3, 0.4) is 0 Å². The lowest BCUT2D eigenvalue weighted by atomic mass is 10.0. The van der Waals surface area contributed by atoms with Crippen LogP contribution in [-0.2, 0) is 6.42 Å². The Kier molecular flexibility index (Phi) is 1.29. The Morgan fingerprint density at radius 1 is 1.31 bits per heavy atom. The normalized spacial score (nSPS) is 19.6. The van der Waals surface area contributed by atoms with E-state index >= 15 is 0 Å². The molecule has 1 unspecified atom stereocenters. The molecule has 0 fully saturated rings. The fraction of sp³-hybridized carbons (Fsp3) is 0.231. The fourth-order valence-electron chi connectivity index (χ4n) is 2.38. The number of rotatable bonds is 0. The van der Waals surface area contributed by atoms with Crippen LogP contribution in [-0.4, -0.2) is 0 Å². The molecule has 0 aliphatic heterocycles. The van der Waals surface area contributed by atoms with Crippen molar-refractivity contribution >= 4 is 10.8 Å². The molecule has 2 aromatic carbocycles. The lowest BCUT2D eigenvalue weighted by Crippen LogP contribution is -1.87. The first-order chi connectivity index (χ1) is 6.36. The Balaban J connectivity index is 2.51. The van der Waals surface area contributed by atoms with Gasteiger partial charge in [0, 0.05) is 0 Å². The van der Waals surface area contributed by atoms with Crippen LogP contribution in [0.2, 0.25) is 0 Å². The van der Waals surface area contributed by atoms with Crippen molar-refractivity contribution in [3.63, 3.8) is 0 Å². The number of benzene rings is 2. The smallest absolute Gasteiger partial charge is 0.0116 e. The molecule has 0 nitrogen and oxygen atoms in total. The van der Waals surface area contributed by atoms with E-state index in [1.807, 2.05) is 0 Å². The van der Waals surface area contributed by atoms with Gasteiger partial charge in [0.05, 0.1) is 0 Å². The highest BCUT2D eigenvalue weighted by molar-refractivity contribution is 5.91. The Morgan fingerprint density at radius 2 is 2.23 bits per heavy atom. The summed E-state index contributed by atoms with van der Waals surface area (Å²) in [5, 5.41) is 2.83. The summed E-state index contributed by atoms with van der Waals surface area (Å²) in [6.07, 6.45) is 1.20. The van der Waals surface area contributed by atoms with Gasteiger partial charge in [0.15, 0.2) is 0 Å². The summed E-state index contributed by atoms with van der Waals surface area (Å²) in [5.74, 6) is 0.678. The summed E-state index contributed by atoms with van der Waals surface area (Å²) in [6, 6.07) is 14.0. The molecule has 0 amide bonds. The van der Waals surface area contributed by atoms with Crippen molar-refractivity contribution in [1.29, 1.82) is 0 Å². The second-order valence-corrected chi connectivity index (χ2v) is 3.90. The zero-order valence-corrected chi connectivity index (χ0v) is 7.67. The van der Waals surface area contributed by atoms with E-state index in [-0.39, 0.29) is 0 Å². The first kappa shape index (κ1) is 7.14. The molecule has 1 radical (unpaired) electrons. The molecular formula is C13H11. The van der Waals surface area contributed by atoms with Crippen LogP contribution in [0.5, 0.6) is 0 Å². The van der Waals surface area contributed by atoms with Gasteiger partial charge >= 0.3 is 0 Å². The molecule has 3 rings (SSSR count). The van der Waals surface area contributed by atoms with E-state index in [2.05, 4.69) is 43.3 Å². The number of hydrogen-bond donors (Lipinski definition) is 0. The summed E-state index contributed by atoms with van der Waals surface area (Å²) in [7, 11) is 0. The highest BCUT2D eigenvalue weighted by Crippen LogP contribution is 2.37.